The standard InChI is InChI=1S/C11H15ClO3S/c1-9-4-5-11(10(2)8-9)15-6-3-7-16(12,13)14/h4-5,8H,3,6-7H2,1-2H3. The van der Waals surface area contributed by atoms with E-state index >= 15 is 0 Å². The molecule has 0 N–H and O–H groups in total. The first-order valence-electron chi connectivity index (χ1n) is 5.01. The van der Waals surface area contributed by atoms with E-state index in [0.717, 1.165) is 11.3 Å². The summed E-state index contributed by atoms with van der Waals surface area (Å²) in [6.07, 6.45) is 0.402. The fourth-order valence-corrected chi connectivity index (χ4v) is 2.16. The molecule has 0 spiro atoms. The van der Waals surface area contributed by atoms with Gasteiger partial charge in [-0.25, -0.2) is 8.42 Å². The minimum Gasteiger partial charge on any atom is -0.493 e. The van der Waals surface area contributed by atoms with Crippen molar-refractivity contribution in [3.8, 4) is 5.75 Å². The van der Waals surface area contributed by atoms with E-state index in [9.17, 15) is 8.42 Å². The maximum absolute atomic E-state index is 10.7. The molecule has 0 bridgehead atoms. The zero-order chi connectivity index (χ0) is 12.2. The minimum absolute atomic E-state index is 0.0561. The summed E-state index contributed by atoms with van der Waals surface area (Å²) in [4.78, 5) is 0. The molecule has 5 heteroatoms. The van der Waals surface area contributed by atoms with Crippen molar-refractivity contribution < 1.29 is 13.2 Å². The van der Waals surface area contributed by atoms with Crippen LogP contribution >= 0.6 is 10.7 Å². The van der Waals surface area contributed by atoms with Crippen LogP contribution in [0.3, 0.4) is 0 Å². The molecule has 0 fully saturated rings. The molecule has 1 aromatic carbocycles. The summed E-state index contributed by atoms with van der Waals surface area (Å²) in [5.74, 6) is 0.733. The number of halogens is 1. The number of ether oxygens (including phenoxy) is 1. The Hall–Kier alpha value is -0.740. The van der Waals surface area contributed by atoms with Gasteiger partial charge < -0.3 is 4.74 Å². The van der Waals surface area contributed by atoms with Gasteiger partial charge >= 0.3 is 0 Å². The van der Waals surface area contributed by atoms with Gasteiger partial charge in [0.2, 0.25) is 9.05 Å². The molecule has 1 aromatic rings. The molecule has 16 heavy (non-hydrogen) atoms. The number of aryl methyl sites for hydroxylation is 2. The van der Waals surface area contributed by atoms with Crippen LogP contribution in [0, 0.1) is 13.8 Å². The summed E-state index contributed by atoms with van der Waals surface area (Å²) in [7, 11) is 1.68. The minimum atomic E-state index is -3.40. The van der Waals surface area contributed by atoms with Crippen molar-refractivity contribution in [3.05, 3.63) is 29.3 Å². The van der Waals surface area contributed by atoms with Crippen LogP contribution in [0.1, 0.15) is 17.5 Å². The van der Waals surface area contributed by atoms with Gasteiger partial charge in [-0.3, -0.25) is 0 Å². The van der Waals surface area contributed by atoms with Gasteiger partial charge in [0, 0.05) is 10.7 Å². The highest BCUT2D eigenvalue weighted by Gasteiger charge is 2.05. The Morgan fingerprint density at radius 2 is 2.00 bits per heavy atom. The third kappa shape index (κ3) is 4.86. The van der Waals surface area contributed by atoms with Crippen molar-refractivity contribution in [2.45, 2.75) is 20.3 Å². The Morgan fingerprint density at radius 3 is 2.56 bits per heavy atom. The highest BCUT2D eigenvalue weighted by molar-refractivity contribution is 8.13. The van der Waals surface area contributed by atoms with Gasteiger partial charge in [-0.2, -0.15) is 0 Å². The van der Waals surface area contributed by atoms with E-state index < -0.39 is 9.05 Å². The van der Waals surface area contributed by atoms with Crippen molar-refractivity contribution in [3.63, 3.8) is 0 Å². The summed E-state index contributed by atoms with van der Waals surface area (Å²) in [5.41, 5.74) is 2.22. The highest BCUT2D eigenvalue weighted by atomic mass is 35.7. The predicted octanol–water partition coefficient (Wildman–Crippen LogP) is 2.64. The zero-order valence-electron chi connectivity index (χ0n) is 9.36. The summed E-state index contributed by atoms with van der Waals surface area (Å²) in [6.45, 7) is 4.33. The SMILES string of the molecule is Cc1ccc(OCCCS(=O)(=O)Cl)c(C)c1. The van der Waals surface area contributed by atoms with Gasteiger partial charge in [-0.1, -0.05) is 17.7 Å². The quantitative estimate of drug-likeness (QED) is 0.605. The van der Waals surface area contributed by atoms with E-state index in [2.05, 4.69) is 0 Å². The van der Waals surface area contributed by atoms with Gasteiger partial charge in [-0.05, 0) is 31.9 Å². The van der Waals surface area contributed by atoms with Crippen LogP contribution in [0.2, 0.25) is 0 Å². The molecule has 0 aliphatic carbocycles. The molecule has 3 nitrogen and oxygen atoms in total. The van der Waals surface area contributed by atoms with Crippen LogP contribution in [0.25, 0.3) is 0 Å². The smallest absolute Gasteiger partial charge is 0.232 e. The highest BCUT2D eigenvalue weighted by Crippen LogP contribution is 2.18. The molecule has 0 atom stereocenters. The molecular weight excluding hydrogens is 248 g/mol. The fourth-order valence-electron chi connectivity index (χ4n) is 1.37. The van der Waals surface area contributed by atoms with Crippen LogP contribution in [-0.2, 0) is 9.05 Å². The Labute approximate surface area is 101 Å². The molecule has 0 radical (unpaired) electrons. The van der Waals surface area contributed by atoms with Crippen molar-refractivity contribution in [2.24, 2.45) is 0 Å². The summed E-state index contributed by atoms with van der Waals surface area (Å²) in [5, 5.41) is 0. The number of benzene rings is 1. The van der Waals surface area contributed by atoms with Crippen LogP contribution in [0.15, 0.2) is 18.2 Å². The topological polar surface area (TPSA) is 43.4 Å². The average Bonchev–Trinajstić information content (AvgIpc) is 2.13. The maximum Gasteiger partial charge on any atom is 0.232 e. The maximum atomic E-state index is 10.7. The first-order chi connectivity index (χ1) is 7.38. The van der Waals surface area contributed by atoms with E-state index in [-0.39, 0.29) is 5.75 Å². The van der Waals surface area contributed by atoms with Crippen molar-refractivity contribution in [2.75, 3.05) is 12.4 Å². The van der Waals surface area contributed by atoms with Crippen LogP contribution < -0.4 is 4.74 Å². The van der Waals surface area contributed by atoms with Crippen LogP contribution in [0.5, 0.6) is 5.75 Å². The number of hydrogen-bond acceptors (Lipinski definition) is 3. The van der Waals surface area contributed by atoms with E-state index in [1.54, 1.807) is 0 Å². The zero-order valence-corrected chi connectivity index (χ0v) is 10.9. The van der Waals surface area contributed by atoms with Gasteiger partial charge in [0.1, 0.15) is 5.75 Å². The van der Waals surface area contributed by atoms with Gasteiger partial charge in [-0.15, -0.1) is 0 Å². The summed E-state index contributed by atoms with van der Waals surface area (Å²) in [6, 6.07) is 5.87. The summed E-state index contributed by atoms with van der Waals surface area (Å²) < 4.78 is 26.8. The van der Waals surface area contributed by atoms with Gasteiger partial charge in [0.05, 0.1) is 12.4 Å². The molecule has 90 valence electrons. The average molecular weight is 263 g/mol. The van der Waals surface area contributed by atoms with Crippen LogP contribution in [0.4, 0.5) is 0 Å². The second kappa shape index (κ2) is 5.55. The lowest BCUT2D eigenvalue weighted by molar-refractivity contribution is 0.315. The monoisotopic (exact) mass is 262 g/mol. The van der Waals surface area contributed by atoms with Gasteiger partial charge in [0.25, 0.3) is 0 Å². The van der Waals surface area contributed by atoms with Crippen LogP contribution in [-0.4, -0.2) is 20.8 Å². The Balaban J connectivity index is 2.43. The Bertz CT molecular complexity index is 454. The molecule has 0 heterocycles. The van der Waals surface area contributed by atoms with Gasteiger partial charge in [0.15, 0.2) is 0 Å². The molecule has 0 saturated carbocycles. The molecule has 0 aromatic heterocycles. The fraction of sp³-hybridized carbons (Fsp3) is 0.455. The molecule has 0 aliphatic rings. The van der Waals surface area contributed by atoms with E-state index in [1.165, 1.54) is 5.56 Å². The summed E-state index contributed by atoms with van der Waals surface area (Å²) >= 11 is 0. The number of hydrogen-bond donors (Lipinski definition) is 0. The first kappa shape index (κ1) is 13.3. The Kier molecular flexibility index (Phi) is 4.62. The second-order valence-electron chi connectivity index (χ2n) is 3.71. The molecule has 0 saturated heterocycles. The van der Waals surface area contributed by atoms with E-state index in [0.29, 0.717) is 13.0 Å². The third-order valence-corrected chi connectivity index (χ3v) is 3.36. The van der Waals surface area contributed by atoms with E-state index in [1.807, 2.05) is 32.0 Å². The lowest BCUT2D eigenvalue weighted by Gasteiger charge is -2.08. The largest absolute Gasteiger partial charge is 0.493 e. The molecule has 0 aliphatic heterocycles. The van der Waals surface area contributed by atoms with E-state index in [4.69, 9.17) is 15.4 Å². The number of rotatable bonds is 5. The predicted molar refractivity (Wildman–Crippen MR) is 65.7 cm³/mol. The normalized spacial score (nSPS) is 11.4. The van der Waals surface area contributed by atoms with Crippen molar-refractivity contribution in [1.82, 2.24) is 0 Å². The molecule has 1 rings (SSSR count). The molecular formula is C11H15ClO3S. The molecule has 0 unspecified atom stereocenters. The lowest BCUT2D eigenvalue weighted by Crippen LogP contribution is -2.05. The Morgan fingerprint density at radius 1 is 1.31 bits per heavy atom. The third-order valence-electron chi connectivity index (χ3n) is 2.12. The van der Waals surface area contributed by atoms with Crippen molar-refractivity contribution >= 4 is 19.7 Å². The molecule has 0 amide bonds. The van der Waals surface area contributed by atoms with Crippen molar-refractivity contribution in [1.29, 1.82) is 0 Å². The second-order valence-corrected chi connectivity index (χ2v) is 6.61. The first-order valence-corrected chi connectivity index (χ1v) is 7.49. The lowest BCUT2D eigenvalue weighted by atomic mass is 10.1.